The van der Waals surface area contributed by atoms with Gasteiger partial charge in [0.15, 0.2) is 11.9 Å². The topological polar surface area (TPSA) is 72.5 Å². The molecule has 1 atom stereocenters. The summed E-state index contributed by atoms with van der Waals surface area (Å²) in [7, 11) is 0. The summed E-state index contributed by atoms with van der Waals surface area (Å²) in [5, 5.41) is 2.77. The van der Waals surface area contributed by atoms with Crippen LogP contribution < -0.4 is 5.32 Å². The van der Waals surface area contributed by atoms with Gasteiger partial charge in [-0.15, -0.1) is 0 Å². The molecule has 1 amide bonds. The zero-order chi connectivity index (χ0) is 16.1. The van der Waals surface area contributed by atoms with Gasteiger partial charge >= 0.3 is 5.97 Å². The predicted molar refractivity (Wildman–Crippen MR) is 81.5 cm³/mol. The van der Waals surface area contributed by atoms with Crippen molar-refractivity contribution in [2.24, 2.45) is 0 Å². The molecule has 1 fully saturated rings. The highest BCUT2D eigenvalue weighted by atomic mass is 16.5. The number of Topliss-reactive ketones (excluding diaryl/α,β-unsaturated/α-hetero) is 1. The Morgan fingerprint density at radius 2 is 1.82 bits per heavy atom. The van der Waals surface area contributed by atoms with Gasteiger partial charge in [0.1, 0.15) is 0 Å². The van der Waals surface area contributed by atoms with E-state index in [-0.39, 0.29) is 30.6 Å². The quantitative estimate of drug-likeness (QED) is 0.619. The van der Waals surface area contributed by atoms with Gasteiger partial charge in [0.25, 0.3) is 5.91 Å². The second-order valence-corrected chi connectivity index (χ2v) is 5.70. The van der Waals surface area contributed by atoms with E-state index >= 15 is 0 Å². The van der Waals surface area contributed by atoms with Crippen LogP contribution in [0.5, 0.6) is 0 Å². The summed E-state index contributed by atoms with van der Waals surface area (Å²) in [6.07, 6.45) is 1.21. The van der Waals surface area contributed by atoms with Crippen LogP contribution in [0.3, 0.4) is 0 Å². The lowest BCUT2D eigenvalue weighted by molar-refractivity contribution is -0.154. The number of benzene rings is 1. The lowest BCUT2D eigenvalue weighted by Crippen LogP contribution is -2.37. The Morgan fingerprint density at radius 3 is 2.41 bits per heavy atom. The molecule has 1 saturated carbocycles. The third-order valence-corrected chi connectivity index (χ3v) is 3.53. The molecule has 5 heteroatoms. The van der Waals surface area contributed by atoms with E-state index in [4.69, 9.17) is 4.74 Å². The van der Waals surface area contributed by atoms with E-state index in [2.05, 4.69) is 5.32 Å². The van der Waals surface area contributed by atoms with Crippen molar-refractivity contribution in [1.82, 2.24) is 5.32 Å². The van der Waals surface area contributed by atoms with E-state index in [9.17, 15) is 14.4 Å². The Morgan fingerprint density at radius 1 is 1.18 bits per heavy atom. The molecule has 0 aliphatic heterocycles. The molecule has 1 aliphatic rings. The first kappa shape index (κ1) is 16.2. The number of rotatable bonds is 7. The second kappa shape index (κ2) is 7.20. The molecule has 1 aromatic rings. The van der Waals surface area contributed by atoms with Crippen LogP contribution in [0.4, 0.5) is 0 Å². The number of hydrogen-bond donors (Lipinski definition) is 1. The molecule has 118 valence electrons. The number of ether oxygens (including phenoxy) is 1. The number of nitrogens with one attached hydrogen (secondary N) is 1. The van der Waals surface area contributed by atoms with E-state index in [1.807, 2.05) is 19.1 Å². The van der Waals surface area contributed by atoms with Crippen LogP contribution in [0.1, 0.15) is 48.5 Å². The third-order valence-electron chi connectivity index (χ3n) is 3.53. The van der Waals surface area contributed by atoms with Gasteiger partial charge in [0.2, 0.25) is 0 Å². The highest BCUT2D eigenvalue weighted by molar-refractivity contribution is 5.97. The standard InChI is InChI=1S/C17H21NO4/c1-11-3-5-13(6-4-11)15(19)9-10-16(20)22-12(2)17(21)18-14-7-8-14/h3-6,12,14H,7-10H2,1-2H3,(H,18,21)/t12-/m1/s1. The summed E-state index contributed by atoms with van der Waals surface area (Å²) in [5.41, 5.74) is 1.66. The molecule has 0 bridgehead atoms. The number of carbonyl (C=O) groups excluding carboxylic acids is 3. The van der Waals surface area contributed by atoms with Gasteiger partial charge < -0.3 is 10.1 Å². The fourth-order valence-electron chi connectivity index (χ4n) is 1.96. The van der Waals surface area contributed by atoms with Crippen LogP contribution in [0.2, 0.25) is 0 Å². The molecule has 1 N–H and O–H groups in total. The molecule has 0 unspecified atom stereocenters. The first-order valence-electron chi connectivity index (χ1n) is 7.55. The molecule has 0 saturated heterocycles. The van der Waals surface area contributed by atoms with Crippen molar-refractivity contribution in [3.63, 3.8) is 0 Å². The SMILES string of the molecule is Cc1ccc(C(=O)CCC(=O)O[C@H](C)C(=O)NC2CC2)cc1. The summed E-state index contributed by atoms with van der Waals surface area (Å²) in [5.74, 6) is -0.911. The van der Waals surface area contributed by atoms with Crippen molar-refractivity contribution < 1.29 is 19.1 Å². The summed E-state index contributed by atoms with van der Waals surface area (Å²) in [6.45, 7) is 3.48. The molecule has 1 aliphatic carbocycles. The summed E-state index contributed by atoms with van der Waals surface area (Å²) in [4.78, 5) is 35.3. The number of esters is 1. The molecular formula is C17H21NO4. The largest absolute Gasteiger partial charge is 0.453 e. The maximum atomic E-state index is 11.9. The zero-order valence-corrected chi connectivity index (χ0v) is 12.9. The van der Waals surface area contributed by atoms with Crippen molar-refractivity contribution in [3.8, 4) is 0 Å². The number of hydrogen-bond acceptors (Lipinski definition) is 4. The fourth-order valence-corrected chi connectivity index (χ4v) is 1.96. The Labute approximate surface area is 130 Å². The highest BCUT2D eigenvalue weighted by Crippen LogP contribution is 2.18. The average Bonchev–Trinajstić information content (AvgIpc) is 3.29. The van der Waals surface area contributed by atoms with E-state index in [1.165, 1.54) is 6.92 Å². The molecule has 0 spiro atoms. The van der Waals surface area contributed by atoms with Gasteiger partial charge in [-0.25, -0.2) is 0 Å². The Hall–Kier alpha value is -2.17. The van der Waals surface area contributed by atoms with Gasteiger partial charge in [-0.05, 0) is 26.7 Å². The zero-order valence-electron chi connectivity index (χ0n) is 12.9. The first-order chi connectivity index (χ1) is 10.5. The number of ketones is 1. The molecular weight excluding hydrogens is 282 g/mol. The minimum Gasteiger partial charge on any atom is -0.453 e. The van der Waals surface area contributed by atoms with Crippen molar-refractivity contribution in [2.75, 3.05) is 0 Å². The van der Waals surface area contributed by atoms with Gasteiger partial charge in [0.05, 0.1) is 6.42 Å². The van der Waals surface area contributed by atoms with E-state index in [0.717, 1.165) is 18.4 Å². The lowest BCUT2D eigenvalue weighted by Gasteiger charge is -2.12. The molecule has 2 rings (SSSR count). The maximum Gasteiger partial charge on any atom is 0.307 e. The van der Waals surface area contributed by atoms with Crippen LogP contribution in [-0.4, -0.2) is 29.8 Å². The van der Waals surface area contributed by atoms with E-state index in [0.29, 0.717) is 5.56 Å². The van der Waals surface area contributed by atoms with Crippen LogP contribution in [0.15, 0.2) is 24.3 Å². The Balaban J connectivity index is 1.73. The van der Waals surface area contributed by atoms with Crippen LogP contribution in [-0.2, 0) is 14.3 Å². The van der Waals surface area contributed by atoms with Crippen molar-refractivity contribution >= 4 is 17.7 Å². The normalized spacial score (nSPS) is 15.0. The number of carbonyl (C=O) groups is 3. The van der Waals surface area contributed by atoms with Gasteiger partial charge in [-0.1, -0.05) is 29.8 Å². The Kier molecular flexibility index (Phi) is 5.31. The summed E-state index contributed by atoms with van der Waals surface area (Å²) < 4.78 is 5.04. The molecule has 0 heterocycles. The van der Waals surface area contributed by atoms with Crippen molar-refractivity contribution in [3.05, 3.63) is 35.4 Å². The second-order valence-electron chi connectivity index (χ2n) is 5.70. The maximum absolute atomic E-state index is 11.9. The summed E-state index contributed by atoms with van der Waals surface area (Å²) >= 11 is 0. The van der Waals surface area contributed by atoms with E-state index in [1.54, 1.807) is 12.1 Å². The van der Waals surface area contributed by atoms with Gasteiger partial charge in [-0.2, -0.15) is 0 Å². The molecule has 22 heavy (non-hydrogen) atoms. The van der Waals surface area contributed by atoms with Gasteiger partial charge in [-0.3, -0.25) is 14.4 Å². The first-order valence-corrected chi connectivity index (χ1v) is 7.55. The fraction of sp³-hybridized carbons (Fsp3) is 0.471. The summed E-state index contributed by atoms with van der Waals surface area (Å²) in [6, 6.07) is 7.44. The van der Waals surface area contributed by atoms with Gasteiger partial charge in [0, 0.05) is 18.0 Å². The monoisotopic (exact) mass is 303 g/mol. The molecule has 1 aromatic carbocycles. The van der Waals surface area contributed by atoms with E-state index < -0.39 is 12.1 Å². The van der Waals surface area contributed by atoms with Crippen LogP contribution in [0.25, 0.3) is 0 Å². The molecule has 0 aromatic heterocycles. The molecule has 0 radical (unpaired) electrons. The smallest absolute Gasteiger partial charge is 0.307 e. The average molecular weight is 303 g/mol. The number of amides is 1. The highest BCUT2D eigenvalue weighted by Gasteiger charge is 2.27. The number of aryl methyl sites for hydroxylation is 1. The van der Waals surface area contributed by atoms with Crippen molar-refractivity contribution in [2.45, 2.75) is 51.7 Å². The minimum atomic E-state index is -0.817. The van der Waals surface area contributed by atoms with Crippen LogP contribution in [0, 0.1) is 6.92 Å². The lowest BCUT2D eigenvalue weighted by atomic mass is 10.1. The van der Waals surface area contributed by atoms with Crippen molar-refractivity contribution in [1.29, 1.82) is 0 Å². The molecule has 5 nitrogen and oxygen atoms in total. The minimum absolute atomic E-state index is 0.0201. The van der Waals surface area contributed by atoms with Crippen LogP contribution >= 0.6 is 0 Å². The Bertz CT molecular complexity index is 561. The third kappa shape index (κ3) is 4.98. The predicted octanol–water partition coefficient (Wildman–Crippen LogP) is 2.17.